The standard InChI is InChI=1S/C13H24N4S/c1-3-15-13(14)12-10(2)16-17(18-12)9-11-7-5-4-6-8-11/h11-12H,3-9H2,1-2H3,(H2,14,15). The van der Waals surface area contributed by atoms with Crippen molar-refractivity contribution in [2.24, 2.45) is 21.7 Å². The Morgan fingerprint density at radius 3 is 2.83 bits per heavy atom. The van der Waals surface area contributed by atoms with E-state index in [0.29, 0.717) is 0 Å². The normalized spacial score (nSPS) is 26.6. The fraction of sp³-hybridized carbons (Fsp3) is 0.846. The van der Waals surface area contributed by atoms with Crippen molar-refractivity contribution in [3.63, 3.8) is 0 Å². The lowest BCUT2D eigenvalue weighted by Gasteiger charge is -2.25. The summed E-state index contributed by atoms with van der Waals surface area (Å²) in [6, 6.07) is 0. The third-order valence-corrected chi connectivity index (χ3v) is 4.89. The van der Waals surface area contributed by atoms with Gasteiger partial charge in [-0.2, -0.15) is 5.10 Å². The number of aliphatic imine (C=N–C) groups is 1. The summed E-state index contributed by atoms with van der Waals surface area (Å²) in [6.07, 6.45) is 6.89. The molecule has 0 saturated heterocycles. The van der Waals surface area contributed by atoms with Crippen LogP contribution in [0.2, 0.25) is 0 Å². The monoisotopic (exact) mass is 268 g/mol. The minimum Gasteiger partial charge on any atom is -0.386 e. The van der Waals surface area contributed by atoms with Crippen molar-refractivity contribution in [1.29, 1.82) is 0 Å². The van der Waals surface area contributed by atoms with Gasteiger partial charge in [0.05, 0.1) is 12.3 Å². The van der Waals surface area contributed by atoms with Crippen LogP contribution in [0.5, 0.6) is 0 Å². The van der Waals surface area contributed by atoms with Crippen molar-refractivity contribution < 1.29 is 0 Å². The molecule has 0 aromatic rings. The molecule has 0 aromatic heterocycles. The summed E-state index contributed by atoms with van der Waals surface area (Å²) >= 11 is 1.73. The van der Waals surface area contributed by atoms with E-state index in [1.807, 2.05) is 6.92 Å². The molecular formula is C13H24N4S. The molecule has 1 fully saturated rings. The second-order valence-electron chi connectivity index (χ2n) is 5.16. The van der Waals surface area contributed by atoms with Crippen LogP contribution in [0.25, 0.3) is 0 Å². The van der Waals surface area contributed by atoms with Gasteiger partial charge in [0.2, 0.25) is 0 Å². The Morgan fingerprint density at radius 1 is 1.44 bits per heavy atom. The molecule has 5 heteroatoms. The van der Waals surface area contributed by atoms with Gasteiger partial charge in [0.15, 0.2) is 0 Å². The van der Waals surface area contributed by atoms with E-state index in [2.05, 4.69) is 21.4 Å². The van der Waals surface area contributed by atoms with Crippen LogP contribution < -0.4 is 5.73 Å². The summed E-state index contributed by atoms with van der Waals surface area (Å²) in [6.45, 7) is 5.88. The van der Waals surface area contributed by atoms with Gasteiger partial charge in [0, 0.05) is 6.54 Å². The molecule has 1 heterocycles. The van der Waals surface area contributed by atoms with Gasteiger partial charge in [-0.15, -0.1) is 0 Å². The zero-order valence-corrected chi connectivity index (χ0v) is 12.2. The van der Waals surface area contributed by atoms with E-state index >= 15 is 0 Å². The highest BCUT2D eigenvalue weighted by atomic mass is 32.2. The molecule has 0 aromatic carbocycles. The van der Waals surface area contributed by atoms with Crippen molar-refractivity contribution >= 4 is 23.5 Å². The van der Waals surface area contributed by atoms with Gasteiger partial charge in [0.1, 0.15) is 11.1 Å². The molecule has 1 aliphatic carbocycles. The van der Waals surface area contributed by atoms with Gasteiger partial charge in [-0.1, -0.05) is 19.3 Å². The Labute approximate surface area is 114 Å². The molecule has 102 valence electrons. The largest absolute Gasteiger partial charge is 0.386 e. The quantitative estimate of drug-likeness (QED) is 0.484. The maximum Gasteiger partial charge on any atom is 0.123 e. The number of nitrogens with two attached hydrogens (primary N) is 1. The van der Waals surface area contributed by atoms with Crippen LogP contribution in [0, 0.1) is 5.92 Å². The van der Waals surface area contributed by atoms with E-state index < -0.39 is 0 Å². The lowest BCUT2D eigenvalue weighted by atomic mass is 9.89. The van der Waals surface area contributed by atoms with E-state index in [-0.39, 0.29) is 5.25 Å². The van der Waals surface area contributed by atoms with Crippen molar-refractivity contribution in [3.05, 3.63) is 0 Å². The van der Waals surface area contributed by atoms with E-state index in [1.165, 1.54) is 32.1 Å². The summed E-state index contributed by atoms with van der Waals surface area (Å²) in [5.74, 6) is 1.53. The second kappa shape index (κ2) is 6.45. The number of nitrogens with zero attached hydrogens (tertiary/aromatic N) is 3. The summed E-state index contributed by atoms with van der Waals surface area (Å²) in [5, 5.41) is 4.78. The van der Waals surface area contributed by atoms with Crippen LogP contribution in [0.15, 0.2) is 10.1 Å². The first-order valence-corrected chi connectivity index (χ1v) is 7.83. The van der Waals surface area contributed by atoms with Crippen molar-refractivity contribution in [2.45, 2.75) is 51.2 Å². The third-order valence-electron chi connectivity index (χ3n) is 3.62. The van der Waals surface area contributed by atoms with Crippen LogP contribution in [0.4, 0.5) is 0 Å². The molecule has 4 nitrogen and oxygen atoms in total. The van der Waals surface area contributed by atoms with Crippen molar-refractivity contribution in [3.8, 4) is 0 Å². The van der Waals surface area contributed by atoms with Crippen molar-refractivity contribution in [2.75, 3.05) is 13.1 Å². The van der Waals surface area contributed by atoms with E-state index in [9.17, 15) is 0 Å². The Morgan fingerprint density at radius 2 is 2.17 bits per heavy atom. The van der Waals surface area contributed by atoms with Gasteiger partial charge < -0.3 is 5.73 Å². The molecule has 2 aliphatic rings. The first-order valence-electron chi connectivity index (χ1n) is 7.00. The molecule has 1 atom stereocenters. The molecule has 1 unspecified atom stereocenters. The lowest BCUT2D eigenvalue weighted by Crippen LogP contribution is -2.31. The molecule has 0 bridgehead atoms. The second-order valence-corrected chi connectivity index (χ2v) is 6.27. The van der Waals surface area contributed by atoms with Gasteiger partial charge in [0.25, 0.3) is 0 Å². The molecule has 0 spiro atoms. The van der Waals surface area contributed by atoms with Gasteiger partial charge in [-0.3, -0.25) is 4.99 Å². The maximum atomic E-state index is 6.00. The van der Waals surface area contributed by atoms with Crippen LogP contribution in [0.1, 0.15) is 46.0 Å². The summed E-state index contributed by atoms with van der Waals surface area (Å²) in [4.78, 5) is 4.30. The van der Waals surface area contributed by atoms with Crippen LogP contribution in [-0.2, 0) is 0 Å². The van der Waals surface area contributed by atoms with Crippen LogP contribution >= 0.6 is 11.9 Å². The first kappa shape index (κ1) is 13.7. The molecule has 1 aliphatic heterocycles. The minimum absolute atomic E-state index is 0.161. The van der Waals surface area contributed by atoms with Crippen LogP contribution in [-0.4, -0.2) is 34.3 Å². The average molecular weight is 268 g/mol. The number of amidine groups is 1. The zero-order valence-electron chi connectivity index (χ0n) is 11.4. The van der Waals surface area contributed by atoms with E-state index in [4.69, 9.17) is 5.73 Å². The van der Waals surface area contributed by atoms with Gasteiger partial charge in [-0.25, -0.2) is 4.41 Å². The lowest BCUT2D eigenvalue weighted by molar-refractivity contribution is 0.299. The average Bonchev–Trinajstić information content (AvgIpc) is 2.72. The zero-order chi connectivity index (χ0) is 13.0. The smallest absolute Gasteiger partial charge is 0.123 e. The molecule has 0 amide bonds. The Bertz CT molecular complexity index is 334. The van der Waals surface area contributed by atoms with E-state index in [0.717, 1.165) is 30.6 Å². The fourth-order valence-electron chi connectivity index (χ4n) is 2.66. The SMILES string of the molecule is CCN=C(N)C1SN(CC2CCCCC2)N=C1C. The Hall–Kier alpha value is -0.710. The predicted molar refractivity (Wildman–Crippen MR) is 79.9 cm³/mol. The predicted octanol–water partition coefficient (Wildman–Crippen LogP) is 2.65. The Kier molecular flexibility index (Phi) is 4.92. The maximum absolute atomic E-state index is 6.00. The number of hydrogen-bond donors (Lipinski definition) is 1. The minimum atomic E-state index is 0.161. The van der Waals surface area contributed by atoms with Crippen LogP contribution in [0.3, 0.4) is 0 Å². The summed E-state index contributed by atoms with van der Waals surface area (Å²) in [5.41, 5.74) is 7.09. The summed E-state index contributed by atoms with van der Waals surface area (Å²) < 4.78 is 2.13. The third kappa shape index (κ3) is 3.40. The highest BCUT2D eigenvalue weighted by molar-refractivity contribution is 7.99. The first-order chi connectivity index (χ1) is 8.70. The highest BCUT2D eigenvalue weighted by Gasteiger charge is 2.29. The molecule has 2 N–H and O–H groups in total. The van der Waals surface area contributed by atoms with Gasteiger partial charge >= 0.3 is 0 Å². The molecule has 1 saturated carbocycles. The molecule has 2 rings (SSSR count). The molecule has 18 heavy (non-hydrogen) atoms. The van der Waals surface area contributed by atoms with Gasteiger partial charge in [-0.05, 0) is 44.6 Å². The fourth-order valence-corrected chi connectivity index (χ4v) is 3.76. The number of hydrogen-bond acceptors (Lipinski definition) is 4. The molecular weight excluding hydrogens is 244 g/mol. The highest BCUT2D eigenvalue weighted by Crippen LogP contribution is 2.31. The molecule has 0 radical (unpaired) electrons. The topological polar surface area (TPSA) is 54.0 Å². The number of rotatable bonds is 4. The number of hydrazone groups is 1. The summed E-state index contributed by atoms with van der Waals surface area (Å²) in [7, 11) is 0. The van der Waals surface area contributed by atoms with Crippen molar-refractivity contribution in [1.82, 2.24) is 4.41 Å². The Balaban J connectivity index is 1.88. The van der Waals surface area contributed by atoms with E-state index in [1.54, 1.807) is 11.9 Å².